The van der Waals surface area contributed by atoms with E-state index in [4.69, 9.17) is 11.6 Å². The third-order valence-electron chi connectivity index (χ3n) is 1.78. The molecule has 0 radical (unpaired) electrons. The van der Waals surface area contributed by atoms with Gasteiger partial charge in [0, 0.05) is 15.8 Å². The van der Waals surface area contributed by atoms with Gasteiger partial charge in [0.2, 0.25) is 0 Å². The van der Waals surface area contributed by atoms with Crippen molar-refractivity contribution in [2.45, 2.75) is 22.5 Å². The number of benzene rings is 1. The number of ketones is 1. The number of halogens is 2. The van der Waals surface area contributed by atoms with E-state index in [2.05, 4.69) is 28.6 Å². The van der Waals surface area contributed by atoms with Gasteiger partial charge in [-0.05, 0) is 30.7 Å². The smallest absolute Gasteiger partial charge is 0.180 e. The summed E-state index contributed by atoms with van der Waals surface area (Å²) in [6.07, 6.45) is 0. The molecule has 0 aliphatic rings. The minimum Gasteiger partial charge on any atom is -0.293 e. The van der Waals surface area contributed by atoms with Gasteiger partial charge in [0.05, 0.1) is 5.38 Å². The van der Waals surface area contributed by atoms with Gasteiger partial charge in [0.15, 0.2) is 5.78 Å². The lowest BCUT2D eigenvalue weighted by molar-refractivity contribution is 0.0991. The van der Waals surface area contributed by atoms with Gasteiger partial charge in [-0.1, -0.05) is 15.9 Å². The maximum Gasteiger partial charge on any atom is 0.180 e. The summed E-state index contributed by atoms with van der Waals surface area (Å²) in [6, 6.07) is 5.47. The van der Waals surface area contributed by atoms with Crippen LogP contribution in [0.1, 0.15) is 22.8 Å². The number of hydrogen-bond donors (Lipinski definition) is 1. The Bertz CT molecular complexity index is 352. The molecule has 0 aliphatic heterocycles. The molecule has 76 valence electrons. The Hall–Kier alpha value is 0.01000. The van der Waals surface area contributed by atoms with E-state index in [1.54, 1.807) is 13.0 Å². The molecule has 4 heteroatoms. The topological polar surface area (TPSA) is 17.1 Å². The summed E-state index contributed by atoms with van der Waals surface area (Å²) in [5.74, 6) is -0.0650. The Morgan fingerprint density at radius 3 is 2.71 bits per heavy atom. The summed E-state index contributed by atoms with van der Waals surface area (Å²) in [5.41, 5.74) is 1.65. The SMILES string of the molecule is CC(Cl)C(=O)c1cc(S)cc(CBr)c1. The maximum atomic E-state index is 11.6. The van der Waals surface area contributed by atoms with Crippen molar-refractivity contribution in [3.63, 3.8) is 0 Å². The molecular weight excluding hydrogens is 284 g/mol. The Labute approximate surface area is 102 Å². The minimum atomic E-state index is -0.492. The summed E-state index contributed by atoms with van der Waals surface area (Å²) in [5, 5.41) is 0.214. The highest BCUT2D eigenvalue weighted by atomic mass is 79.9. The quantitative estimate of drug-likeness (QED) is 0.511. The Balaban J connectivity index is 3.09. The number of hydrogen-bond acceptors (Lipinski definition) is 2. The van der Waals surface area contributed by atoms with Gasteiger partial charge in [-0.3, -0.25) is 4.79 Å². The molecule has 0 spiro atoms. The average molecular weight is 294 g/mol. The van der Waals surface area contributed by atoms with Crippen molar-refractivity contribution in [3.8, 4) is 0 Å². The van der Waals surface area contributed by atoms with Crippen molar-refractivity contribution in [3.05, 3.63) is 29.3 Å². The molecule has 1 rings (SSSR count). The zero-order valence-electron chi connectivity index (χ0n) is 7.63. The van der Waals surface area contributed by atoms with E-state index in [9.17, 15) is 4.79 Å². The summed E-state index contributed by atoms with van der Waals surface area (Å²) in [7, 11) is 0. The molecule has 0 saturated carbocycles. The van der Waals surface area contributed by atoms with E-state index in [1.807, 2.05) is 12.1 Å². The van der Waals surface area contributed by atoms with Crippen molar-refractivity contribution in [2.75, 3.05) is 0 Å². The van der Waals surface area contributed by atoms with E-state index in [-0.39, 0.29) is 5.78 Å². The van der Waals surface area contributed by atoms with Crippen LogP contribution in [0.25, 0.3) is 0 Å². The molecule has 0 N–H and O–H groups in total. The predicted octanol–water partition coefficient (Wildman–Crippen LogP) is 3.68. The second-order valence-corrected chi connectivity index (χ2v) is 4.73. The van der Waals surface area contributed by atoms with E-state index < -0.39 is 5.38 Å². The van der Waals surface area contributed by atoms with Crippen LogP contribution in [0.3, 0.4) is 0 Å². The summed E-state index contributed by atoms with van der Waals surface area (Å²) in [4.78, 5) is 12.4. The molecular formula is C10H10BrClOS. The molecule has 0 aliphatic carbocycles. The Kier molecular flexibility index (Phi) is 4.48. The molecule has 0 heterocycles. The number of rotatable bonds is 3. The van der Waals surface area contributed by atoms with E-state index in [0.717, 1.165) is 10.5 Å². The number of carbonyl (C=O) groups is 1. The molecule has 0 aromatic heterocycles. The molecule has 0 fully saturated rings. The van der Waals surface area contributed by atoms with Gasteiger partial charge in [0.1, 0.15) is 0 Å². The maximum absolute atomic E-state index is 11.6. The highest BCUT2D eigenvalue weighted by molar-refractivity contribution is 9.08. The zero-order valence-corrected chi connectivity index (χ0v) is 10.9. The molecule has 1 aromatic carbocycles. The van der Waals surface area contributed by atoms with Gasteiger partial charge < -0.3 is 0 Å². The van der Waals surface area contributed by atoms with Crippen molar-refractivity contribution in [2.24, 2.45) is 0 Å². The van der Waals surface area contributed by atoms with Crippen LogP contribution in [0.2, 0.25) is 0 Å². The number of Topliss-reactive ketones (excluding diaryl/α,β-unsaturated/α-hetero) is 1. The van der Waals surface area contributed by atoms with Crippen molar-refractivity contribution in [1.29, 1.82) is 0 Å². The molecule has 0 amide bonds. The van der Waals surface area contributed by atoms with Crippen molar-refractivity contribution >= 4 is 45.9 Å². The first-order valence-corrected chi connectivity index (χ1v) is 6.12. The number of thiol groups is 1. The minimum absolute atomic E-state index is 0.0650. The third-order valence-corrected chi connectivity index (χ3v) is 2.88. The first-order chi connectivity index (χ1) is 6.54. The molecule has 1 nitrogen and oxygen atoms in total. The Morgan fingerprint density at radius 2 is 2.21 bits per heavy atom. The van der Waals surface area contributed by atoms with E-state index in [1.165, 1.54) is 0 Å². The standard InChI is InChI=1S/C10H10BrClOS/c1-6(12)10(13)8-2-7(5-11)3-9(14)4-8/h2-4,6,14H,5H2,1H3. The molecule has 0 bridgehead atoms. The van der Waals surface area contributed by atoms with Crippen LogP contribution in [0, 0.1) is 0 Å². The first kappa shape index (κ1) is 12.1. The zero-order chi connectivity index (χ0) is 10.7. The average Bonchev–Trinajstić information content (AvgIpc) is 2.15. The highest BCUT2D eigenvalue weighted by Gasteiger charge is 2.13. The lowest BCUT2D eigenvalue weighted by atomic mass is 10.1. The van der Waals surface area contributed by atoms with Crippen molar-refractivity contribution in [1.82, 2.24) is 0 Å². The van der Waals surface area contributed by atoms with E-state index in [0.29, 0.717) is 10.9 Å². The van der Waals surface area contributed by atoms with Crippen LogP contribution in [0.15, 0.2) is 23.1 Å². The molecule has 1 aromatic rings. The summed E-state index contributed by atoms with van der Waals surface area (Å²) < 4.78 is 0. The molecule has 14 heavy (non-hydrogen) atoms. The third kappa shape index (κ3) is 3.01. The fourth-order valence-electron chi connectivity index (χ4n) is 1.12. The first-order valence-electron chi connectivity index (χ1n) is 4.11. The van der Waals surface area contributed by atoms with Crippen LogP contribution in [-0.4, -0.2) is 11.2 Å². The van der Waals surface area contributed by atoms with Gasteiger partial charge in [-0.25, -0.2) is 0 Å². The molecule has 1 atom stereocenters. The fraction of sp³-hybridized carbons (Fsp3) is 0.300. The summed E-state index contributed by atoms with van der Waals surface area (Å²) in [6.45, 7) is 1.67. The fourth-order valence-corrected chi connectivity index (χ4v) is 1.88. The Morgan fingerprint density at radius 1 is 1.57 bits per heavy atom. The normalized spacial score (nSPS) is 12.6. The van der Waals surface area contributed by atoms with Gasteiger partial charge >= 0.3 is 0 Å². The molecule has 0 saturated heterocycles. The van der Waals surface area contributed by atoms with Crippen LogP contribution in [0.4, 0.5) is 0 Å². The van der Waals surface area contributed by atoms with Crippen LogP contribution in [-0.2, 0) is 5.33 Å². The van der Waals surface area contributed by atoms with Gasteiger partial charge in [0.25, 0.3) is 0 Å². The van der Waals surface area contributed by atoms with E-state index >= 15 is 0 Å². The lowest BCUT2D eigenvalue weighted by Gasteiger charge is -2.05. The molecule has 1 unspecified atom stereocenters. The van der Waals surface area contributed by atoms with Crippen LogP contribution in [0.5, 0.6) is 0 Å². The second kappa shape index (κ2) is 5.19. The van der Waals surface area contributed by atoms with Crippen LogP contribution < -0.4 is 0 Å². The highest BCUT2D eigenvalue weighted by Crippen LogP contribution is 2.18. The summed E-state index contributed by atoms with van der Waals surface area (Å²) >= 11 is 13.3. The van der Waals surface area contributed by atoms with Crippen molar-refractivity contribution < 1.29 is 4.79 Å². The largest absolute Gasteiger partial charge is 0.293 e. The second-order valence-electron chi connectivity index (χ2n) is 3.00. The predicted molar refractivity (Wildman–Crippen MR) is 66.0 cm³/mol. The van der Waals surface area contributed by atoms with Gasteiger partial charge in [-0.15, -0.1) is 24.2 Å². The van der Waals surface area contributed by atoms with Crippen LogP contribution >= 0.6 is 40.2 Å². The lowest BCUT2D eigenvalue weighted by Crippen LogP contribution is -2.10. The number of alkyl halides is 2. The van der Waals surface area contributed by atoms with Gasteiger partial charge in [-0.2, -0.15) is 0 Å². The monoisotopic (exact) mass is 292 g/mol. The number of carbonyl (C=O) groups excluding carboxylic acids is 1.